The molecule has 0 spiro atoms. The highest BCUT2D eigenvalue weighted by Crippen LogP contribution is 2.30. The first kappa shape index (κ1) is 18.4. The van der Waals surface area contributed by atoms with Gasteiger partial charge in [-0.2, -0.15) is 0 Å². The molecule has 0 radical (unpaired) electrons. The standard InChI is InChI=1S/C19H14BrClN2O3/c1-26-18(24)10-22-19(25)14-9-17(12-4-2-3-5-15(12)21)23-16-7-6-11(20)8-13(14)16/h2-9H,10H2,1H3,(H,22,25). The minimum atomic E-state index is -0.524. The van der Waals surface area contributed by atoms with Gasteiger partial charge in [0.25, 0.3) is 5.91 Å². The molecule has 1 aromatic heterocycles. The van der Waals surface area contributed by atoms with Gasteiger partial charge in [0, 0.05) is 20.4 Å². The Morgan fingerprint density at radius 3 is 2.69 bits per heavy atom. The molecule has 3 rings (SSSR count). The van der Waals surface area contributed by atoms with Crippen molar-refractivity contribution in [3.8, 4) is 11.3 Å². The summed E-state index contributed by atoms with van der Waals surface area (Å²) in [5.74, 6) is -0.918. The molecule has 1 N–H and O–H groups in total. The van der Waals surface area contributed by atoms with Crippen molar-refractivity contribution in [3.63, 3.8) is 0 Å². The maximum absolute atomic E-state index is 12.7. The minimum Gasteiger partial charge on any atom is -0.468 e. The van der Waals surface area contributed by atoms with E-state index in [2.05, 4.69) is 31.0 Å². The number of esters is 1. The minimum absolute atomic E-state index is 0.214. The second-order valence-corrected chi connectivity index (χ2v) is 6.78. The van der Waals surface area contributed by atoms with Crippen LogP contribution in [0.25, 0.3) is 22.2 Å². The summed E-state index contributed by atoms with van der Waals surface area (Å²) in [6, 6.07) is 14.4. The third-order valence-corrected chi connectivity index (χ3v) is 4.61. The Balaban J connectivity index is 2.13. The van der Waals surface area contributed by atoms with Crippen LogP contribution in [-0.4, -0.2) is 30.5 Å². The number of hydrogen-bond acceptors (Lipinski definition) is 4. The van der Waals surface area contributed by atoms with Crippen molar-refractivity contribution in [2.24, 2.45) is 0 Å². The molecule has 3 aromatic rings. The van der Waals surface area contributed by atoms with Crippen LogP contribution in [0.5, 0.6) is 0 Å². The molecule has 0 saturated carbocycles. The number of amides is 1. The van der Waals surface area contributed by atoms with Crippen molar-refractivity contribution in [2.45, 2.75) is 0 Å². The number of carbonyl (C=O) groups excluding carboxylic acids is 2. The molecule has 0 unspecified atom stereocenters. The number of ether oxygens (including phenoxy) is 1. The average molecular weight is 434 g/mol. The lowest BCUT2D eigenvalue weighted by atomic mass is 10.0. The molecule has 0 atom stereocenters. The molecule has 1 heterocycles. The summed E-state index contributed by atoms with van der Waals surface area (Å²) in [4.78, 5) is 28.6. The third kappa shape index (κ3) is 3.86. The zero-order valence-electron chi connectivity index (χ0n) is 13.8. The summed E-state index contributed by atoms with van der Waals surface area (Å²) < 4.78 is 5.38. The summed E-state index contributed by atoms with van der Waals surface area (Å²) in [5, 5.41) is 3.77. The topological polar surface area (TPSA) is 68.3 Å². The monoisotopic (exact) mass is 432 g/mol. The number of nitrogens with zero attached hydrogens (tertiary/aromatic N) is 1. The fraction of sp³-hybridized carbons (Fsp3) is 0.105. The number of carbonyl (C=O) groups is 2. The van der Waals surface area contributed by atoms with Gasteiger partial charge in [-0.3, -0.25) is 9.59 Å². The zero-order valence-corrected chi connectivity index (χ0v) is 16.1. The average Bonchev–Trinajstić information content (AvgIpc) is 2.65. The number of pyridine rings is 1. The van der Waals surface area contributed by atoms with E-state index in [9.17, 15) is 9.59 Å². The largest absolute Gasteiger partial charge is 0.468 e. The van der Waals surface area contributed by atoms with Crippen molar-refractivity contribution < 1.29 is 14.3 Å². The van der Waals surface area contributed by atoms with Gasteiger partial charge in [-0.15, -0.1) is 0 Å². The fourth-order valence-electron chi connectivity index (χ4n) is 2.51. The Morgan fingerprint density at radius 1 is 1.19 bits per heavy atom. The predicted octanol–water partition coefficient (Wildman–Crippen LogP) is 4.22. The van der Waals surface area contributed by atoms with Crippen LogP contribution in [0.15, 0.2) is 53.0 Å². The van der Waals surface area contributed by atoms with Crippen LogP contribution in [0.1, 0.15) is 10.4 Å². The molecule has 132 valence electrons. The first-order chi connectivity index (χ1) is 12.5. The van der Waals surface area contributed by atoms with Gasteiger partial charge in [-0.25, -0.2) is 4.98 Å². The number of halogens is 2. The van der Waals surface area contributed by atoms with E-state index < -0.39 is 11.9 Å². The molecule has 0 aliphatic heterocycles. The van der Waals surface area contributed by atoms with Crippen LogP contribution in [0.3, 0.4) is 0 Å². The molecular weight excluding hydrogens is 420 g/mol. The lowest BCUT2D eigenvalue weighted by Crippen LogP contribution is -2.30. The van der Waals surface area contributed by atoms with Crippen molar-refractivity contribution in [1.29, 1.82) is 0 Å². The molecule has 1 amide bonds. The Kier molecular flexibility index (Phi) is 5.54. The second-order valence-electron chi connectivity index (χ2n) is 5.46. The number of nitrogens with one attached hydrogen (secondary N) is 1. The predicted molar refractivity (Wildman–Crippen MR) is 104 cm³/mol. The molecule has 7 heteroatoms. The summed E-state index contributed by atoms with van der Waals surface area (Å²) >= 11 is 9.69. The molecule has 2 aromatic carbocycles. The van der Waals surface area contributed by atoms with Crippen LogP contribution < -0.4 is 5.32 Å². The zero-order chi connectivity index (χ0) is 18.7. The lowest BCUT2D eigenvalue weighted by molar-refractivity contribution is -0.139. The maximum atomic E-state index is 12.7. The Labute approximate surface area is 163 Å². The maximum Gasteiger partial charge on any atom is 0.325 e. The highest BCUT2D eigenvalue weighted by Gasteiger charge is 2.16. The van der Waals surface area contributed by atoms with Gasteiger partial charge in [0.1, 0.15) is 6.54 Å². The SMILES string of the molecule is COC(=O)CNC(=O)c1cc(-c2ccccc2Cl)nc2ccc(Br)cc12. The van der Waals surface area contributed by atoms with Crippen molar-refractivity contribution in [1.82, 2.24) is 10.3 Å². The molecule has 26 heavy (non-hydrogen) atoms. The van der Waals surface area contributed by atoms with E-state index in [0.29, 0.717) is 27.2 Å². The van der Waals surface area contributed by atoms with E-state index in [4.69, 9.17) is 11.6 Å². The van der Waals surface area contributed by atoms with Crippen LogP contribution in [0, 0.1) is 0 Å². The van der Waals surface area contributed by atoms with Crippen molar-refractivity contribution in [3.05, 3.63) is 63.6 Å². The number of rotatable bonds is 4. The third-order valence-electron chi connectivity index (χ3n) is 3.79. The molecule has 0 aliphatic carbocycles. The number of fused-ring (bicyclic) bond motifs is 1. The van der Waals surface area contributed by atoms with E-state index in [0.717, 1.165) is 10.0 Å². The smallest absolute Gasteiger partial charge is 0.325 e. The Hall–Kier alpha value is -2.44. The fourth-order valence-corrected chi connectivity index (χ4v) is 3.11. The van der Waals surface area contributed by atoms with E-state index in [-0.39, 0.29) is 6.54 Å². The summed E-state index contributed by atoms with van der Waals surface area (Å²) in [5.41, 5.74) is 2.35. The first-order valence-electron chi connectivity index (χ1n) is 7.70. The summed E-state index contributed by atoms with van der Waals surface area (Å²) in [6.45, 7) is -0.214. The summed E-state index contributed by atoms with van der Waals surface area (Å²) in [7, 11) is 1.27. The first-order valence-corrected chi connectivity index (χ1v) is 8.87. The molecule has 0 saturated heterocycles. The van der Waals surface area contributed by atoms with Gasteiger partial charge in [0.2, 0.25) is 0 Å². The van der Waals surface area contributed by atoms with Crippen LogP contribution in [0.4, 0.5) is 0 Å². The highest BCUT2D eigenvalue weighted by molar-refractivity contribution is 9.10. The molecule has 0 fully saturated rings. The molecule has 0 bridgehead atoms. The second kappa shape index (κ2) is 7.85. The van der Waals surface area contributed by atoms with Crippen LogP contribution in [-0.2, 0) is 9.53 Å². The molecule has 5 nitrogen and oxygen atoms in total. The van der Waals surface area contributed by atoms with Crippen LogP contribution >= 0.6 is 27.5 Å². The van der Waals surface area contributed by atoms with Gasteiger partial charge >= 0.3 is 5.97 Å². The van der Waals surface area contributed by atoms with E-state index in [1.807, 2.05) is 36.4 Å². The number of methoxy groups -OCH3 is 1. The normalized spacial score (nSPS) is 10.6. The molecular formula is C19H14BrClN2O3. The summed E-state index contributed by atoms with van der Waals surface area (Å²) in [6.07, 6.45) is 0. The van der Waals surface area contributed by atoms with Gasteiger partial charge in [0.15, 0.2) is 0 Å². The number of aromatic nitrogens is 1. The number of hydrogen-bond donors (Lipinski definition) is 1. The highest BCUT2D eigenvalue weighted by atomic mass is 79.9. The van der Waals surface area contributed by atoms with Gasteiger partial charge < -0.3 is 10.1 Å². The molecule has 0 aliphatic rings. The lowest BCUT2D eigenvalue weighted by Gasteiger charge is -2.11. The van der Waals surface area contributed by atoms with E-state index in [1.165, 1.54) is 7.11 Å². The van der Waals surface area contributed by atoms with E-state index >= 15 is 0 Å². The Morgan fingerprint density at radius 2 is 1.96 bits per heavy atom. The Bertz CT molecular complexity index is 1010. The van der Waals surface area contributed by atoms with Crippen LogP contribution in [0.2, 0.25) is 5.02 Å². The van der Waals surface area contributed by atoms with Crippen molar-refractivity contribution in [2.75, 3.05) is 13.7 Å². The van der Waals surface area contributed by atoms with E-state index in [1.54, 1.807) is 12.1 Å². The van der Waals surface area contributed by atoms with Gasteiger partial charge in [0.05, 0.1) is 23.9 Å². The quantitative estimate of drug-likeness (QED) is 0.626. The van der Waals surface area contributed by atoms with Gasteiger partial charge in [-0.05, 0) is 30.3 Å². The number of benzene rings is 2. The van der Waals surface area contributed by atoms with Crippen molar-refractivity contribution >= 4 is 50.3 Å². The van der Waals surface area contributed by atoms with Gasteiger partial charge in [-0.1, -0.05) is 45.7 Å².